The molecule has 0 radical (unpaired) electrons. The molecule has 3 nitrogen and oxygen atoms in total. The fraction of sp³-hybridized carbons (Fsp3) is 0.130. The fourth-order valence-electron chi connectivity index (χ4n) is 3.19. The van der Waals surface area contributed by atoms with Crippen LogP contribution in [0.3, 0.4) is 0 Å². The zero-order valence-corrected chi connectivity index (χ0v) is 16.4. The first-order valence-electron chi connectivity index (χ1n) is 8.75. The van der Waals surface area contributed by atoms with Crippen LogP contribution in [0.25, 0.3) is 5.57 Å². The van der Waals surface area contributed by atoms with E-state index in [1.807, 2.05) is 73.7 Å². The van der Waals surface area contributed by atoms with Crippen molar-refractivity contribution in [2.24, 2.45) is 0 Å². The van der Waals surface area contributed by atoms with Crippen LogP contribution in [0.15, 0.2) is 77.3 Å². The van der Waals surface area contributed by atoms with Crippen LogP contribution in [-0.2, 0) is 6.61 Å². The lowest BCUT2D eigenvalue weighted by molar-refractivity contribution is 0.0218. The second kappa shape index (κ2) is 7.59. The average Bonchev–Trinajstić information content (AvgIpc) is 2.69. The molecule has 1 aliphatic heterocycles. The van der Waals surface area contributed by atoms with Gasteiger partial charge in [-0.2, -0.15) is 0 Å². The first-order chi connectivity index (χ1) is 13.1. The highest BCUT2D eigenvalue weighted by Gasteiger charge is 2.23. The van der Waals surface area contributed by atoms with Crippen LogP contribution in [0.5, 0.6) is 11.5 Å². The molecule has 1 aliphatic rings. The van der Waals surface area contributed by atoms with E-state index >= 15 is 0 Å². The Kier molecular flexibility index (Phi) is 5.01. The summed E-state index contributed by atoms with van der Waals surface area (Å²) in [7, 11) is 0. The molecule has 0 aliphatic carbocycles. The van der Waals surface area contributed by atoms with E-state index in [1.54, 1.807) is 6.08 Å². The van der Waals surface area contributed by atoms with Crippen LogP contribution in [-0.4, -0.2) is 11.4 Å². The van der Waals surface area contributed by atoms with E-state index in [2.05, 4.69) is 15.9 Å². The van der Waals surface area contributed by atoms with Gasteiger partial charge in [-0.25, -0.2) is 0 Å². The molecule has 0 amide bonds. The van der Waals surface area contributed by atoms with E-state index in [1.165, 1.54) is 0 Å². The maximum atomic E-state index is 10.2. The third kappa shape index (κ3) is 3.77. The molecule has 0 bridgehead atoms. The summed E-state index contributed by atoms with van der Waals surface area (Å²) < 4.78 is 12.8. The van der Waals surface area contributed by atoms with Gasteiger partial charge in [0.05, 0.1) is 0 Å². The summed E-state index contributed by atoms with van der Waals surface area (Å²) in [6.45, 7) is 2.42. The maximum absolute atomic E-state index is 10.2. The third-order valence-corrected chi connectivity index (χ3v) is 5.12. The van der Waals surface area contributed by atoms with Gasteiger partial charge in [-0.05, 0) is 54.0 Å². The Morgan fingerprint density at radius 2 is 1.74 bits per heavy atom. The molecule has 4 rings (SSSR count). The Hall–Kier alpha value is -2.56. The van der Waals surface area contributed by atoms with Gasteiger partial charge in [0.2, 0.25) is 6.29 Å². The minimum atomic E-state index is -0.979. The molecule has 3 aromatic carbocycles. The SMILES string of the molecule is Cc1c(OCc2ccc(Br)cc2)ccc2c1OC(O)C=C2c1ccccc1. The first-order valence-corrected chi connectivity index (χ1v) is 9.54. The standard InChI is InChI=1S/C23H19BrO3/c1-15-21(26-14-16-7-9-18(24)10-8-16)12-11-19-20(13-22(25)27-23(15)19)17-5-3-2-4-6-17/h2-13,22,25H,14H2,1H3. The zero-order chi connectivity index (χ0) is 18.8. The summed E-state index contributed by atoms with van der Waals surface area (Å²) in [6.07, 6.45) is 0.757. The lowest BCUT2D eigenvalue weighted by Gasteiger charge is -2.25. The van der Waals surface area contributed by atoms with Crippen molar-refractivity contribution in [3.05, 3.63) is 99.5 Å². The molecular weight excluding hydrogens is 404 g/mol. The van der Waals surface area contributed by atoms with Gasteiger partial charge in [0.1, 0.15) is 18.1 Å². The van der Waals surface area contributed by atoms with Crippen molar-refractivity contribution in [2.75, 3.05) is 0 Å². The Labute approximate surface area is 167 Å². The van der Waals surface area contributed by atoms with Crippen LogP contribution in [0.1, 0.15) is 22.3 Å². The molecule has 1 unspecified atom stereocenters. The average molecular weight is 423 g/mol. The normalized spacial score (nSPS) is 15.5. The highest BCUT2D eigenvalue weighted by atomic mass is 79.9. The van der Waals surface area contributed by atoms with Crippen molar-refractivity contribution in [3.63, 3.8) is 0 Å². The molecule has 4 heteroatoms. The van der Waals surface area contributed by atoms with E-state index in [4.69, 9.17) is 9.47 Å². The molecule has 0 spiro atoms. The summed E-state index contributed by atoms with van der Waals surface area (Å²) in [4.78, 5) is 0. The molecule has 0 saturated heterocycles. The van der Waals surface area contributed by atoms with Crippen molar-refractivity contribution >= 4 is 21.5 Å². The second-order valence-electron chi connectivity index (χ2n) is 6.44. The van der Waals surface area contributed by atoms with E-state index in [-0.39, 0.29) is 0 Å². The molecule has 1 heterocycles. The van der Waals surface area contributed by atoms with Crippen LogP contribution in [0, 0.1) is 6.92 Å². The molecule has 1 N–H and O–H groups in total. The van der Waals surface area contributed by atoms with E-state index in [9.17, 15) is 5.11 Å². The Morgan fingerprint density at radius 3 is 2.48 bits per heavy atom. The van der Waals surface area contributed by atoms with Gasteiger partial charge in [-0.15, -0.1) is 0 Å². The number of aliphatic hydroxyl groups is 1. The Morgan fingerprint density at radius 1 is 1.00 bits per heavy atom. The summed E-state index contributed by atoms with van der Waals surface area (Å²) in [5.41, 5.74) is 4.93. The predicted octanol–water partition coefficient (Wildman–Crippen LogP) is 5.48. The molecule has 1 atom stereocenters. The van der Waals surface area contributed by atoms with Crippen molar-refractivity contribution in [1.29, 1.82) is 0 Å². The number of benzene rings is 3. The molecule has 0 saturated carbocycles. The monoisotopic (exact) mass is 422 g/mol. The smallest absolute Gasteiger partial charge is 0.218 e. The van der Waals surface area contributed by atoms with E-state index < -0.39 is 6.29 Å². The van der Waals surface area contributed by atoms with E-state index in [0.717, 1.165) is 38.0 Å². The van der Waals surface area contributed by atoms with Gasteiger partial charge in [0.15, 0.2) is 0 Å². The number of hydrogen-bond acceptors (Lipinski definition) is 3. The summed E-state index contributed by atoms with van der Waals surface area (Å²) in [6, 6.07) is 22.0. The van der Waals surface area contributed by atoms with Gasteiger partial charge >= 0.3 is 0 Å². The maximum Gasteiger partial charge on any atom is 0.218 e. The number of hydrogen-bond donors (Lipinski definition) is 1. The fourth-order valence-corrected chi connectivity index (χ4v) is 3.46. The van der Waals surface area contributed by atoms with Crippen LogP contribution in [0.4, 0.5) is 0 Å². The summed E-state index contributed by atoms with van der Waals surface area (Å²) in [5.74, 6) is 1.41. The summed E-state index contributed by atoms with van der Waals surface area (Å²) in [5, 5.41) is 10.2. The van der Waals surface area contributed by atoms with Crippen molar-refractivity contribution in [1.82, 2.24) is 0 Å². The number of rotatable bonds is 4. The van der Waals surface area contributed by atoms with Gasteiger partial charge in [0.25, 0.3) is 0 Å². The number of aliphatic hydroxyl groups excluding tert-OH is 1. The number of fused-ring (bicyclic) bond motifs is 1. The highest BCUT2D eigenvalue weighted by molar-refractivity contribution is 9.10. The largest absolute Gasteiger partial charge is 0.488 e. The Balaban J connectivity index is 1.64. The molecule has 27 heavy (non-hydrogen) atoms. The second-order valence-corrected chi connectivity index (χ2v) is 7.35. The lowest BCUT2D eigenvalue weighted by atomic mass is 9.93. The Bertz CT molecular complexity index is 979. The van der Waals surface area contributed by atoms with Crippen LogP contribution >= 0.6 is 15.9 Å². The molecule has 0 aromatic heterocycles. The number of halogens is 1. The summed E-state index contributed by atoms with van der Waals surface area (Å²) >= 11 is 3.44. The number of ether oxygens (including phenoxy) is 2. The van der Waals surface area contributed by atoms with Gasteiger partial charge in [0, 0.05) is 15.6 Å². The van der Waals surface area contributed by atoms with Crippen LogP contribution in [0.2, 0.25) is 0 Å². The van der Waals surface area contributed by atoms with Crippen molar-refractivity contribution < 1.29 is 14.6 Å². The lowest BCUT2D eigenvalue weighted by Crippen LogP contribution is -2.19. The van der Waals surface area contributed by atoms with Gasteiger partial charge in [-0.1, -0.05) is 58.4 Å². The zero-order valence-electron chi connectivity index (χ0n) is 14.9. The van der Waals surface area contributed by atoms with Gasteiger partial charge in [-0.3, -0.25) is 0 Å². The predicted molar refractivity (Wildman–Crippen MR) is 110 cm³/mol. The third-order valence-electron chi connectivity index (χ3n) is 4.59. The van der Waals surface area contributed by atoms with Gasteiger partial charge < -0.3 is 14.6 Å². The molecule has 136 valence electrons. The minimum absolute atomic E-state index is 0.469. The minimum Gasteiger partial charge on any atom is -0.488 e. The van der Waals surface area contributed by atoms with Crippen LogP contribution < -0.4 is 9.47 Å². The van der Waals surface area contributed by atoms with Crippen molar-refractivity contribution in [3.8, 4) is 11.5 Å². The molecular formula is C23H19BrO3. The highest BCUT2D eigenvalue weighted by Crippen LogP contribution is 2.41. The molecule has 0 fully saturated rings. The molecule has 3 aromatic rings. The first kappa shape index (κ1) is 17.8. The topological polar surface area (TPSA) is 38.7 Å². The van der Waals surface area contributed by atoms with Crippen molar-refractivity contribution in [2.45, 2.75) is 19.8 Å². The quantitative estimate of drug-likeness (QED) is 0.604. The van der Waals surface area contributed by atoms with E-state index in [0.29, 0.717) is 12.4 Å².